The molecule has 2 aliphatic heterocycles. The lowest BCUT2D eigenvalue weighted by molar-refractivity contribution is -0.157. The number of aliphatic carboxylic acids is 1. The van der Waals surface area contributed by atoms with Gasteiger partial charge in [0.05, 0.1) is 12.0 Å². The Morgan fingerprint density at radius 2 is 2.27 bits per heavy atom. The summed E-state index contributed by atoms with van der Waals surface area (Å²) in [4.78, 5) is 31.1. The Morgan fingerprint density at radius 3 is 2.96 bits per heavy atom. The first kappa shape index (κ1) is 17.2. The Hall–Kier alpha value is -2.25. The number of carbonyl (C=O) groups is 2. The van der Waals surface area contributed by atoms with E-state index in [1.54, 1.807) is 22.3 Å². The van der Waals surface area contributed by atoms with Gasteiger partial charge in [-0.25, -0.2) is 4.98 Å². The smallest absolute Gasteiger partial charge is 0.311 e. The van der Waals surface area contributed by atoms with E-state index in [1.165, 1.54) is 0 Å². The van der Waals surface area contributed by atoms with Gasteiger partial charge in [-0.2, -0.15) is 0 Å². The Bertz CT molecular complexity index is 865. The molecule has 1 N–H and O–H groups in total. The molecule has 1 amide bonds. The maximum Gasteiger partial charge on any atom is 0.311 e. The summed E-state index contributed by atoms with van der Waals surface area (Å²) < 4.78 is 5.46. The minimum absolute atomic E-state index is 0.129. The summed E-state index contributed by atoms with van der Waals surface area (Å²) in [5.41, 5.74) is 1.55. The largest absolute Gasteiger partial charge is 0.481 e. The molecule has 2 aromatic rings. The van der Waals surface area contributed by atoms with Gasteiger partial charge in [0.15, 0.2) is 0 Å². The van der Waals surface area contributed by atoms with Crippen molar-refractivity contribution in [1.82, 2.24) is 9.88 Å². The van der Waals surface area contributed by atoms with Gasteiger partial charge in [0.25, 0.3) is 5.91 Å². The van der Waals surface area contributed by atoms with E-state index in [0.717, 1.165) is 16.3 Å². The predicted octanol–water partition coefficient (Wildman–Crippen LogP) is 2.68. The number of benzene rings is 1. The number of aromatic nitrogens is 1. The zero-order chi connectivity index (χ0) is 18.3. The number of likely N-dealkylation sites (tertiary alicyclic amines) is 1. The van der Waals surface area contributed by atoms with Crippen LogP contribution in [0.3, 0.4) is 0 Å². The number of nitrogens with zero attached hydrogens (tertiary/aromatic N) is 2. The number of ether oxygens (including phenoxy) is 1. The maximum atomic E-state index is 13.0. The van der Waals surface area contributed by atoms with Crippen LogP contribution in [0.5, 0.6) is 0 Å². The van der Waals surface area contributed by atoms with Gasteiger partial charge in [-0.1, -0.05) is 12.1 Å². The van der Waals surface area contributed by atoms with Crippen LogP contribution in [-0.4, -0.2) is 53.2 Å². The zero-order valence-corrected chi connectivity index (χ0v) is 15.3. The quantitative estimate of drug-likeness (QED) is 0.896. The van der Waals surface area contributed by atoms with E-state index in [0.29, 0.717) is 31.7 Å². The predicted molar refractivity (Wildman–Crippen MR) is 97.2 cm³/mol. The van der Waals surface area contributed by atoms with E-state index in [9.17, 15) is 14.7 Å². The summed E-state index contributed by atoms with van der Waals surface area (Å²) in [7, 11) is 0. The number of fused-ring (bicyclic) bond motifs is 1. The monoisotopic (exact) mass is 372 g/mol. The third kappa shape index (κ3) is 2.81. The second-order valence-electron chi connectivity index (χ2n) is 7.04. The molecule has 7 heteroatoms. The summed E-state index contributed by atoms with van der Waals surface area (Å²) in [6.45, 7) is 3.44. The van der Waals surface area contributed by atoms with E-state index < -0.39 is 11.4 Å². The molecule has 1 aromatic carbocycles. The number of carboxylic acids is 1. The van der Waals surface area contributed by atoms with Crippen LogP contribution in [-0.2, 0) is 9.53 Å². The average molecular weight is 372 g/mol. The van der Waals surface area contributed by atoms with Crippen LogP contribution in [0.15, 0.2) is 29.6 Å². The maximum absolute atomic E-state index is 13.0. The van der Waals surface area contributed by atoms with E-state index in [4.69, 9.17) is 4.74 Å². The molecule has 0 spiro atoms. The molecule has 2 saturated heterocycles. The van der Waals surface area contributed by atoms with Gasteiger partial charge >= 0.3 is 5.97 Å². The van der Waals surface area contributed by atoms with Crippen LogP contribution >= 0.6 is 11.3 Å². The van der Waals surface area contributed by atoms with Gasteiger partial charge in [0, 0.05) is 47.8 Å². The standard InChI is InChI=1S/C19H20N2O4S/c1-12-10-26-16(20-12)13-3-2-4-14(7-13)17(22)21-8-15-9-25-6-5-19(15,11-21)18(23)24/h2-4,7,10,15H,5-6,8-9,11H2,1H3,(H,23,24)/t15-,19+/m0/s1. The van der Waals surface area contributed by atoms with Crippen molar-refractivity contribution in [2.24, 2.45) is 11.3 Å². The van der Waals surface area contributed by atoms with Crippen LogP contribution in [0.25, 0.3) is 10.6 Å². The molecular formula is C19H20N2O4S. The van der Waals surface area contributed by atoms with Crippen molar-refractivity contribution in [2.75, 3.05) is 26.3 Å². The first-order chi connectivity index (χ1) is 12.5. The molecule has 2 aliphatic rings. The normalized spacial score (nSPS) is 25.1. The fourth-order valence-electron chi connectivity index (χ4n) is 3.91. The zero-order valence-electron chi connectivity index (χ0n) is 14.5. The molecule has 3 heterocycles. The van der Waals surface area contributed by atoms with Crippen molar-refractivity contribution in [2.45, 2.75) is 13.3 Å². The van der Waals surface area contributed by atoms with Gasteiger partial charge in [-0.05, 0) is 25.5 Å². The number of amides is 1. The lowest BCUT2D eigenvalue weighted by Gasteiger charge is -2.33. The molecule has 26 heavy (non-hydrogen) atoms. The SMILES string of the molecule is Cc1csc(-c2cccc(C(=O)N3C[C@H]4COCC[C@@]4(C(=O)O)C3)c2)n1. The molecule has 136 valence electrons. The van der Waals surface area contributed by atoms with Gasteiger partial charge in [-0.15, -0.1) is 11.3 Å². The van der Waals surface area contributed by atoms with Crippen molar-refractivity contribution in [3.63, 3.8) is 0 Å². The van der Waals surface area contributed by atoms with Crippen LogP contribution in [0, 0.1) is 18.3 Å². The highest BCUT2D eigenvalue weighted by molar-refractivity contribution is 7.13. The highest BCUT2D eigenvalue weighted by Crippen LogP contribution is 2.43. The van der Waals surface area contributed by atoms with Crippen LogP contribution in [0.2, 0.25) is 0 Å². The second-order valence-corrected chi connectivity index (χ2v) is 7.90. The molecule has 0 unspecified atom stereocenters. The second kappa shape index (κ2) is 6.48. The van der Waals surface area contributed by atoms with Gasteiger partial charge in [-0.3, -0.25) is 9.59 Å². The molecular weight excluding hydrogens is 352 g/mol. The van der Waals surface area contributed by atoms with Crippen LogP contribution < -0.4 is 0 Å². The van der Waals surface area contributed by atoms with Crippen molar-refractivity contribution in [1.29, 1.82) is 0 Å². The highest BCUT2D eigenvalue weighted by atomic mass is 32.1. The Balaban J connectivity index is 1.60. The Labute approximate surface area is 155 Å². The van der Waals surface area contributed by atoms with E-state index in [2.05, 4.69) is 4.98 Å². The number of rotatable bonds is 3. The number of hydrogen-bond donors (Lipinski definition) is 1. The van der Waals surface area contributed by atoms with Gasteiger partial charge in [0.2, 0.25) is 0 Å². The Kier molecular flexibility index (Phi) is 4.28. The molecule has 1 aromatic heterocycles. The van der Waals surface area contributed by atoms with E-state index >= 15 is 0 Å². The van der Waals surface area contributed by atoms with Crippen molar-refractivity contribution < 1.29 is 19.4 Å². The fourth-order valence-corrected chi connectivity index (χ4v) is 4.70. The molecule has 2 atom stereocenters. The lowest BCUT2D eigenvalue weighted by Crippen LogP contribution is -2.45. The number of carbonyl (C=O) groups excluding carboxylic acids is 1. The number of thiazole rings is 1. The van der Waals surface area contributed by atoms with E-state index in [-0.39, 0.29) is 18.4 Å². The summed E-state index contributed by atoms with van der Waals surface area (Å²) in [6, 6.07) is 7.40. The number of hydrogen-bond acceptors (Lipinski definition) is 5. The third-order valence-electron chi connectivity index (χ3n) is 5.40. The van der Waals surface area contributed by atoms with Crippen LogP contribution in [0.4, 0.5) is 0 Å². The first-order valence-corrected chi connectivity index (χ1v) is 9.50. The molecule has 2 fully saturated rings. The number of carboxylic acid groups (broad SMARTS) is 1. The fraction of sp³-hybridized carbons (Fsp3) is 0.421. The van der Waals surface area contributed by atoms with Crippen molar-refractivity contribution in [3.05, 3.63) is 40.9 Å². The molecule has 6 nitrogen and oxygen atoms in total. The number of aryl methyl sites for hydroxylation is 1. The van der Waals surface area contributed by atoms with Gasteiger partial charge < -0.3 is 14.7 Å². The van der Waals surface area contributed by atoms with E-state index in [1.807, 2.05) is 30.5 Å². The Morgan fingerprint density at radius 1 is 1.42 bits per heavy atom. The molecule has 0 saturated carbocycles. The highest BCUT2D eigenvalue weighted by Gasteiger charge is 2.54. The summed E-state index contributed by atoms with van der Waals surface area (Å²) in [5, 5.41) is 12.6. The summed E-state index contributed by atoms with van der Waals surface area (Å²) >= 11 is 1.54. The molecule has 0 radical (unpaired) electrons. The van der Waals surface area contributed by atoms with Crippen molar-refractivity contribution >= 4 is 23.2 Å². The van der Waals surface area contributed by atoms with Crippen LogP contribution in [0.1, 0.15) is 22.5 Å². The topological polar surface area (TPSA) is 79.7 Å². The first-order valence-electron chi connectivity index (χ1n) is 8.62. The average Bonchev–Trinajstić information content (AvgIpc) is 3.25. The molecule has 0 aliphatic carbocycles. The minimum Gasteiger partial charge on any atom is -0.481 e. The minimum atomic E-state index is -0.877. The van der Waals surface area contributed by atoms with Crippen molar-refractivity contribution in [3.8, 4) is 10.6 Å². The summed E-state index contributed by atoms with van der Waals surface area (Å²) in [5.74, 6) is -1.11. The lowest BCUT2D eigenvalue weighted by atomic mass is 9.74. The molecule has 0 bridgehead atoms. The third-order valence-corrected chi connectivity index (χ3v) is 6.40. The molecule has 4 rings (SSSR count). The summed E-state index contributed by atoms with van der Waals surface area (Å²) in [6.07, 6.45) is 0.454. The van der Waals surface area contributed by atoms with Gasteiger partial charge in [0.1, 0.15) is 5.01 Å².